The van der Waals surface area contributed by atoms with Crippen molar-refractivity contribution in [1.29, 1.82) is 0 Å². The Morgan fingerprint density at radius 2 is 2.00 bits per heavy atom. The molecule has 1 aromatic heterocycles. The summed E-state index contributed by atoms with van der Waals surface area (Å²) >= 11 is 3.33. The molecule has 0 aliphatic rings. The number of aromatic nitrogens is 1. The van der Waals surface area contributed by atoms with Crippen LogP contribution in [-0.4, -0.2) is 19.7 Å². The molecule has 20 heavy (non-hydrogen) atoms. The molecular weight excluding hydrogens is 340 g/mol. The minimum Gasteiger partial charge on any atom is -0.379 e. The molecule has 1 heterocycles. The van der Waals surface area contributed by atoms with Gasteiger partial charge < -0.3 is 5.32 Å². The van der Waals surface area contributed by atoms with Crippen LogP contribution in [0.1, 0.15) is 11.3 Å². The maximum absolute atomic E-state index is 11.6. The molecule has 2 rings (SSSR count). The zero-order valence-electron chi connectivity index (χ0n) is 11.2. The summed E-state index contributed by atoms with van der Waals surface area (Å²) in [6, 6.07) is 8.90. The third kappa shape index (κ3) is 3.80. The summed E-state index contributed by atoms with van der Waals surface area (Å²) in [4.78, 5) is 4.58. The first-order chi connectivity index (χ1) is 9.36. The molecule has 0 fully saturated rings. The lowest BCUT2D eigenvalue weighted by atomic mass is 10.2. The maximum Gasteiger partial charge on any atom is 0.175 e. The molecule has 1 N–H and O–H groups in total. The fraction of sp³-hybridized carbons (Fsp3) is 0.214. The van der Waals surface area contributed by atoms with Gasteiger partial charge in [-0.2, -0.15) is 0 Å². The van der Waals surface area contributed by atoms with Gasteiger partial charge in [-0.25, -0.2) is 8.42 Å². The molecule has 0 spiro atoms. The predicted octanol–water partition coefficient (Wildman–Crippen LogP) is 3.17. The van der Waals surface area contributed by atoms with Crippen LogP contribution in [0.15, 0.2) is 45.9 Å². The number of hydrogen-bond acceptors (Lipinski definition) is 4. The second kappa shape index (κ2) is 5.93. The normalized spacial score (nSPS) is 11.3. The van der Waals surface area contributed by atoms with Crippen molar-refractivity contribution in [3.8, 4) is 0 Å². The van der Waals surface area contributed by atoms with E-state index in [0.29, 0.717) is 11.4 Å². The number of aryl methyl sites for hydroxylation is 1. The monoisotopic (exact) mass is 354 g/mol. The molecule has 0 saturated heterocycles. The van der Waals surface area contributed by atoms with Crippen molar-refractivity contribution in [2.24, 2.45) is 0 Å². The molecule has 106 valence electrons. The Morgan fingerprint density at radius 1 is 1.25 bits per heavy atom. The SMILES string of the molecule is Cc1ccc(S(C)(=O)=O)cc1NCc1ccc(Br)cn1. The number of nitrogens with zero attached hydrogens (tertiary/aromatic N) is 1. The molecule has 0 radical (unpaired) electrons. The number of anilines is 1. The highest BCUT2D eigenvalue weighted by molar-refractivity contribution is 9.10. The number of benzene rings is 1. The Balaban J connectivity index is 2.19. The first kappa shape index (κ1) is 15.0. The van der Waals surface area contributed by atoms with Crippen molar-refractivity contribution in [1.82, 2.24) is 4.98 Å². The Hall–Kier alpha value is -1.40. The number of sulfone groups is 1. The average molecular weight is 355 g/mol. The number of pyridine rings is 1. The second-order valence-electron chi connectivity index (χ2n) is 4.57. The van der Waals surface area contributed by atoms with Crippen LogP contribution < -0.4 is 5.32 Å². The van der Waals surface area contributed by atoms with Crippen LogP contribution in [0.25, 0.3) is 0 Å². The van der Waals surface area contributed by atoms with Gasteiger partial charge in [-0.05, 0) is 52.7 Å². The van der Waals surface area contributed by atoms with E-state index in [1.165, 1.54) is 6.26 Å². The van der Waals surface area contributed by atoms with E-state index >= 15 is 0 Å². The lowest BCUT2D eigenvalue weighted by molar-refractivity contribution is 0.602. The number of rotatable bonds is 4. The van der Waals surface area contributed by atoms with Gasteiger partial charge in [-0.15, -0.1) is 0 Å². The van der Waals surface area contributed by atoms with Crippen molar-refractivity contribution in [3.63, 3.8) is 0 Å². The van der Waals surface area contributed by atoms with E-state index in [1.807, 2.05) is 19.1 Å². The summed E-state index contributed by atoms with van der Waals surface area (Å²) in [7, 11) is -3.19. The van der Waals surface area contributed by atoms with E-state index in [4.69, 9.17) is 0 Å². The third-order valence-corrected chi connectivity index (χ3v) is 4.47. The van der Waals surface area contributed by atoms with Crippen molar-refractivity contribution in [2.75, 3.05) is 11.6 Å². The molecule has 0 amide bonds. The van der Waals surface area contributed by atoms with Gasteiger partial charge in [0.05, 0.1) is 17.1 Å². The molecule has 0 bridgehead atoms. The highest BCUT2D eigenvalue weighted by Gasteiger charge is 2.09. The van der Waals surface area contributed by atoms with Crippen molar-refractivity contribution < 1.29 is 8.42 Å². The van der Waals surface area contributed by atoms with Gasteiger partial charge in [0.25, 0.3) is 0 Å². The van der Waals surface area contributed by atoms with E-state index in [-0.39, 0.29) is 0 Å². The van der Waals surface area contributed by atoms with Gasteiger partial charge in [-0.3, -0.25) is 4.98 Å². The lowest BCUT2D eigenvalue weighted by Crippen LogP contribution is -2.05. The van der Waals surface area contributed by atoms with Gasteiger partial charge in [0, 0.05) is 22.6 Å². The first-order valence-corrected chi connectivity index (χ1v) is 8.70. The van der Waals surface area contributed by atoms with Crippen LogP contribution in [0.4, 0.5) is 5.69 Å². The number of hydrogen-bond donors (Lipinski definition) is 1. The quantitative estimate of drug-likeness (QED) is 0.915. The van der Waals surface area contributed by atoms with Crippen molar-refractivity contribution in [2.45, 2.75) is 18.4 Å². The molecule has 1 aromatic carbocycles. The van der Waals surface area contributed by atoms with Gasteiger partial charge in [0.2, 0.25) is 0 Å². The fourth-order valence-electron chi connectivity index (χ4n) is 1.72. The Morgan fingerprint density at radius 3 is 2.60 bits per heavy atom. The summed E-state index contributed by atoms with van der Waals surface area (Å²) in [6.45, 7) is 2.48. The number of nitrogens with one attached hydrogen (secondary N) is 1. The highest BCUT2D eigenvalue weighted by atomic mass is 79.9. The summed E-state index contributed by atoms with van der Waals surface area (Å²) < 4.78 is 24.1. The van der Waals surface area contributed by atoms with Gasteiger partial charge in [0.15, 0.2) is 9.84 Å². The summed E-state index contributed by atoms with van der Waals surface area (Å²) in [5, 5.41) is 3.22. The lowest BCUT2D eigenvalue weighted by Gasteiger charge is -2.11. The molecule has 0 aliphatic heterocycles. The Labute approximate surface area is 127 Å². The zero-order valence-corrected chi connectivity index (χ0v) is 13.6. The zero-order chi connectivity index (χ0) is 14.8. The summed E-state index contributed by atoms with van der Waals surface area (Å²) in [6.07, 6.45) is 2.94. The Kier molecular flexibility index (Phi) is 4.45. The molecule has 4 nitrogen and oxygen atoms in total. The van der Waals surface area contributed by atoms with Crippen LogP contribution in [-0.2, 0) is 16.4 Å². The first-order valence-electron chi connectivity index (χ1n) is 6.01. The van der Waals surface area contributed by atoms with Crippen molar-refractivity contribution >= 4 is 31.5 Å². The molecule has 0 atom stereocenters. The standard InChI is InChI=1S/C14H15BrN2O2S/c1-10-3-6-13(20(2,18)19)7-14(10)17-9-12-5-4-11(15)8-16-12/h3-8,17H,9H2,1-2H3. The molecule has 0 unspecified atom stereocenters. The predicted molar refractivity (Wildman–Crippen MR) is 83.6 cm³/mol. The minimum absolute atomic E-state index is 0.314. The Bertz CT molecular complexity index is 712. The van der Waals surface area contributed by atoms with E-state index < -0.39 is 9.84 Å². The average Bonchev–Trinajstić information content (AvgIpc) is 2.38. The maximum atomic E-state index is 11.6. The van der Waals surface area contributed by atoms with Crippen LogP contribution in [0.5, 0.6) is 0 Å². The van der Waals surface area contributed by atoms with Gasteiger partial charge in [0.1, 0.15) is 0 Å². The summed E-state index contributed by atoms with van der Waals surface area (Å²) in [5.74, 6) is 0. The van der Waals surface area contributed by atoms with Crippen LogP contribution in [0, 0.1) is 6.92 Å². The van der Waals surface area contributed by atoms with Crippen LogP contribution in [0.2, 0.25) is 0 Å². The fourth-order valence-corrected chi connectivity index (χ4v) is 2.60. The summed E-state index contributed by atoms with van der Waals surface area (Å²) in [5.41, 5.74) is 2.68. The van der Waals surface area contributed by atoms with E-state index in [1.54, 1.807) is 24.4 Å². The third-order valence-electron chi connectivity index (χ3n) is 2.89. The van der Waals surface area contributed by atoms with Crippen molar-refractivity contribution in [3.05, 3.63) is 52.3 Å². The molecular formula is C14H15BrN2O2S. The van der Waals surface area contributed by atoms with Crippen LogP contribution in [0.3, 0.4) is 0 Å². The molecule has 0 saturated carbocycles. The molecule has 6 heteroatoms. The van der Waals surface area contributed by atoms with E-state index in [9.17, 15) is 8.42 Å². The van der Waals surface area contributed by atoms with E-state index in [2.05, 4.69) is 26.2 Å². The molecule has 0 aliphatic carbocycles. The molecule has 2 aromatic rings. The number of halogens is 1. The largest absolute Gasteiger partial charge is 0.379 e. The topological polar surface area (TPSA) is 59.1 Å². The second-order valence-corrected chi connectivity index (χ2v) is 7.50. The van der Waals surface area contributed by atoms with Crippen LogP contribution >= 0.6 is 15.9 Å². The van der Waals surface area contributed by atoms with Gasteiger partial charge >= 0.3 is 0 Å². The van der Waals surface area contributed by atoms with Gasteiger partial charge in [-0.1, -0.05) is 6.07 Å². The minimum atomic E-state index is -3.19. The van der Waals surface area contributed by atoms with E-state index in [0.717, 1.165) is 21.4 Å². The highest BCUT2D eigenvalue weighted by Crippen LogP contribution is 2.20. The smallest absolute Gasteiger partial charge is 0.175 e.